The summed E-state index contributed by atoms with van der Waals surface area (Å²) in [6.45, 7) is 0. The Morgan fingerprint density at radius 3 is 2.03 bits per heavy atom. The van der Waals surface area contributed by atoms with Gasteiger partial charge in [-0.3, -0.25) is 4.98 Å². The number of carbonyl (C=O) groups excluding carboxylic acids is 1. The number of hydrogen-bond donors (Lipinski definition) is 2. The second kappa shape index (κ2) is 11.0. The van der Waals surface area contributed by atoms with Crippen LogP contribution in [0.5, 0.6) is 0 Å². The van der Waals surface area contributed by atoms with Crippen LogP contribution >= 0.6 is 11.6 Å². The Bertz CT molecular complexity index is 1440. The molecule has 0 aliphatic rings. The molecule has 11 heteroatoms. The fourth-order valence-electron chi connectivity index (χ4n) is 4.12. The van der Waals surface area contributed by atoms with Crippen molar-refractivity contribution in [2.75, 3.05) is 5.32 Å². The highest BCUT2D eigenvalue weighted by molar-refractivity contribution is 6.30. The first-order chi connectivity index (χ1) is 18.4. The van der Waals surface area contributed by atoms with E-state index in [2.05, 4.69) is 15.6 Å². The first-order valence-corrected chi connectivity index (χ1v) is 11.8. The van der Waals surface area contributed by atoms with Gasteiger partial charge in [-0.25, -0.2) is 4.79 Å². The average molecular weight is 564 g/mol. The standard InChI is InChI=1S/C28H20ClF6N3O/c29-22-10-5-11-23(15-22)37-25(39)38-26(16-18-6-2-1-3-7-18,19-8-4-9-20(14-19)27(30,31)32)24-13-12-21(17-36-24)28(33,34)35/h1-15,17H,16H2,(H2,37,38,39). The first-order valence-electron chi connectivity index (χ1n) is 11.5. The molecular weight excluding hydrogens is 544 g/mol. The minimum absolute atomic E-state index is 0.0327. The van der Waals surface area contributed by atoms with Crippen LogP contribution in [0.2, 0.25) is 5.02 Å². The molecule has 4 nitrogen and oxygen atoms in total. The molecule has 39 heavy (non-hydrogen) atoms. The van der Waals surface area contributed by atoms with E-state index in [1.807, 2.05) is 0 Å². The van der Waals surface area contributed by atoms with Crippen LogP contribution in [0.3, 0.4) is 0 Å². The van der Waals surface area contributed by atoms with Crippen LogP contribution in [0.1, 0.15) is 27.9 Å². The molecule has 0 saturated heterocycles. The Balaban J connectivity index is 1.90. The Hall–Kier alpha value is -4.05. The normalized spacial score (nSPS) is 13.4. The third-order valence-electron chi connectivity index (χ3n) is 5.93. The monoisotopic (exact) mass is 563 g/mol. The molecule has 1 unspecified atom stereocenters. The zero-order chi connectivity index (χ0) is 28.3. The second-order valence-electron chi connectivity index (χ2n) is 8.67. The van der Waals surface area contributed by atoms with E-state index in [9.17, 15) is 31.1 Å². The minimum Gasteiger partial charge on any atom is -0.322 e. The predicted octanol–water partition coefficient (Wildman–Crippen LogP) is 8.08. The Labute approximate surface area is 224 Å². The third kappa shape index (κ3) is 6.69. The molecule has 1 aromatic heterocycles. The number of aromatic nitrogens is 1. The van der Waals surface area contributed by atoms with Gasteiger partial charge in [0, 0.05) is 23.3 Å². The minimum atomic E-state index is -4.72. The molecule has 0 fully saturated rings. The number of carbonyl (C=O) groups is 1. The van der Waals surface area contributed by atoms with Gasteiger partial charge < -0.3 is 10.6 Å². The van der Waals surface area contributed by atoms with Crippen LogP contribution in [-0.4, -0.2) is 11.0 Å². The molecule has 0 spiro atoms. The molecule has 0 saturated carbocycles. The third-order valence-corrected chi connectivity index (χ3v) is 6.17. The van der Waals surface area contributed by atoms with Crippen molar-refractivity contribution in [3.05, 3.63) is 130 Å². The van der Waals surface area contributed by atoms with Gasteiger partial charge in [0.1, 0.15) is 5.54 Å². The number of alkyl halides is 6. The number of nitrogens with zero attached hydrogens (tertiary/aromatic N) is 1. The topological polar surface area (TPSA) is 54.0 Å². The lowest BCUT2D eigenvalue weighted by Crippen LogP contribution is -2.50. The fourth-order valence-corrected chi connectivity index (χ4v) is 4.31. The van der Waals surface area contributed by atoms with E-state index in [1.54, 1.807) is 48.5 Å². The van der Waals surface area contributed by atoms with E-state index >= 15 is 0 Å². The summed E-state index contributed by atoms with van der Waals surface area (Å²) in [4.78, 5) is 17.3. The molecule has 2 N–H and O–H groups in total. The second-order valence-corrected chi connectivity index (χ2v) is 9.10. The van der Waals surface area contributed by atoms with Crippen LogP contribution in [0.15, 0.2) is 97.2 Å². The van der Waals surface area contributed by atoms with Crippen LogP contribution in [0.4, 0.5) is 36.8 Å². The molecule has 0 bridgehead atoms. The van der Waals surface area contributed by atoms with E-state index in [0.29, 0.717) is 16.8 Å². The van der Waals surface area contributed by atoms with Crippen molar-refractivity contribution < 1.29 is 31.1 Å². The van der Waals surface area contributed by atoms with Gasteiger partial charge in [0.15, 0.2) is 0 Å². The number of pyridine rings is 1. The van der Waals surface area contributed by atoms with Crippen molar-refractivity contribution in [3.63, 3.8) is 0 Å². The Morgan fingerprint density at radius 1 is 0.744 bits per heavy atom. The summed E-state index contributed by atoms with van der Waals surface area (Å²) in [5, 5.41) is 5.62. The number of urea groups is 1. The van der Waals surface area contributed by atoms with Crippen molar-refractivity contribution in [2.45, 2.75) is 24.3 Å². The highest BCUT2D eigenvalue weighted by atomic mass is 35.5. The van der Waals surface area contributed by atoms with E-state index in [4.69, 9.17) is 11.6 Å². The molecular formula is C28H20ClF6N3O. The van der Waals surface area contributed by atoms with Crippen LogP contribution in [0, 0.1) is 0 Å². The summed E-state index contributed by atoms with van der Waals surface area (Å²) >= 11 is 5.99. The van der Waals surface area contributed by atoms with Gasteiger partial charge in [0.25, 0.3) is 0 Å². The Morgan fingerprint density at radius 2 is 1.41 bits per heavy atom. The lowest BCUT2D eigenvalue weighted by molar-refractivity contribution is -0.138. The van der Waals surface area contributed by atoms with Crippen molar-refractivity contribution in [1.82, 2.24) is 10.3 Å². The highest BCUT2D eigenvalue weighted by Crippen LogP contribution is 2.38. The molecule has 202 valence electrons. The lowest BCUT2D eigenvalue weighted by Gasteiger charge is -2.36. The summed E-state index contributed by atoms with van der Waals surface area (Å²) in [6, 6.07) is 19.9. The molecule has 0 aliphatic carbocycles. The van der Waals surface area contributed by atoms with Gasteiger partial charge in [0.05, 0.1) is 16.8 Å². The van der Waals surface area contributed by atoms with Gasteiger partial charge in [-0.15, -0.1) is 0 Å². The Kier molecular flexibility index (Phi) is 7.87. The van der Waals surface area contributed by atoms with Crippen LogP contribution < -0.4 is 10.6 Å². The number of nitrogens with one attached hydrogen (secondary N) is 2. The molecule has 0 radical (unpaired) electrons. The SMILES string of the molecule is O=C(Nc1cccc(Cl)c1)NC(Cc1ccccc1)(c1cccc(C(F)(F)F)c1)c1ccc(C(F)(F)F)cn1. The first kappa shape index (κ1) is 28.0. The largest absolute Gasteiger partial charge is 0.417 e. The summed E-state index contributed by atoms with van der Waals surface area (Å²) in [6.07, 6.45) is -8.96. The molecule has 1 heterocycles. The summed E-state index contributed by atoms with van der Waals surface area (Å²) in [5.41, 5.74) is -3.11. The number of rotatable bonds is 6. The average Bonchev–Trinajstić information content (AvgIpc) is 2.88. The number of benzene rings is 3. The van der Waals surface area contributed by atoms with Crippen LogP contribution in [-0.2, 0) is 24.3 Å². The van der Waals surface area contributed by atoms with Crippen molar-refractivity contribution in [1.29, 1.82) is 0 Å². The number of amides is 2. The van der Waals surface area contributed by atoms with Gasteiger partial charge in [-0.1, -0.05) is 60.1 Å². The molecule has 1 atom stereocenters. The number of halogens is 7. The van der Waals surface area contributed by atoms with Crippen LogP contribution in [0.25, 0.3) is 0 Å². The maximum Gasteiger partial charge on any atom is 0.417 e. The molecule has 4 rings (SSSR count). The zero-order valence-corrected chi connectivity index (χ0v) is 20.7. The van der Waals surface area contributed by atoms with Crippen molar-refractivity contribution in [2.24, 2.45) is 0 Å². The smallest absolute Gasteiger partial charge is 0.322 e. The number of hydrogen-bond acceptors (Lipinski definition) is 2. The van der Waals surface area contributed by atoms with Gasteiger partial charge in [0.2, 0.25) is 0 Å². The summed E-state index contributed by atoms with van der Waals surface area (Å²) in [5.74, 6) is 0. The fraction of sp³-hybridized carbons (Fsp3) is 0.143. The van der Waals surface area contributed by atoms with Gasteiger partial charge in [-0.2, -0.15) is 26.3 Å². The summed E-state index contributed by atoms with van der Waals surface area (Å²) in [7, 11) is 0. The quantitative estimate of drug-likeness (QED) is 0.233. The van der Waals surface area contributed by atoms with Gasteiger partial charge >= 0.3 is 18.4 Å². The molecule has 0 aliphatic heterocycles. The number of anilines is 1. The van der Waals surface area contributed by atoms with E-state index < -0.39 is 35.0 Å². The maximum absolute atomic E-state index is 13.7. The maximum atomic E-state index is 13.7. The molecule has 2 amide bonds. The molecule has 4 aromatic rings. The zero-order valence-electron chi connectivity index (χ0n) is 19.9. The summed E-state index contributed by atoms with van der Waals surface area (Å²) < 4.78 is 81.0. The predicted molar refractivity (Wildman–Crippen MR) is 135 cm³/mol. The highest BCUT2D eigenvalue weighted by Gasteiger charge is 2.41. The van der Waals surface area contributed by atoms with Gasteiger partial charge in [-0.05, 0) is 53.6 Å². The lowest BCUT2D eigenvalue weighted by atomic mass is 9.79. The van der Waals surface area contributed by atoms with E-state index in [0.717, 1.165) is 24.3 Å². The van der Waals surface area contributed by atoms with E-state index in [1.165, 1.54) is 18.2 Å². The van der Waals surface area contributed by atoms with Crippen molar-refractivity contribution >= 4 is 23.3 Å². The molecule has 3 aromatic carbocycles. The van der Waals surface area contributed by atoms with Crippen molar-refractivity contribution in [3.8, 4) is 0 Å². The van der Waals surface area contributed by atoms with E-state index in [-0.39, 0.29) is 23.4 Å².